The number of rotatable bonds is 3. The van der Waals surface area contributed by atoms with Gasteiger partial charge < -0.3 is 5.32 Å². The highest BCUT2D eigenvalue weighted by atomic mass is 32.1. The van der Waals surface area contributed by atoms with Crippen molar-refractivity contribution in [2.24, 2.45) is 11.8 Å². The summed E-state index contributed by atoms with van der Waals surface area (Å²) in [4.78, 5) is 1.51. The Morgan fingerprint density at radius 1 is 1.38 bits per heavy atom. The van der Waals surface area contributed by atoms with Crippen LogP contribution in [0.1, 0.15) is 43.6 Å². The van der Waals surface area contributed by atoms with Gasteiger partial charge in [0, 0.05) is 17.5 Å². The maximum Gasteiger partial charge on any atom is 0.0305 e. The van der Waals surface area contributed by atoms with Crippen molar-refractivity contribution >= 4 is 11.3 Å². The van der Waals surface area contributed by atoms with E-state index in [4.69, 9.17) is 0 Å². The van der Waals surface area contributed by atoms with Gasteiger partial charge in [-0.2, -0.15) is 0 Å². The zero-order valence-corrected chi connectivity index (χ0v) is 11.4. The Kier molecular flexibility index (Phi) is 4.04. The summed E-state index contributed by atoms with van der Waals surface area (Å²) in [6.07, 6.45) is 4.17. The van der Waals surface area contributed by atoms with Gasteiger partial charge in [0.1, 0.15) is 0 Å². The van der Waals surface area contributed by atoms with Crippen LogP contribution >= 0.6 is 11.3 Å². The molecule has 0 aromatic carbocycles. The van der Waals surface area contributed by atoms with Crippen LogP contribution in [-0.4, -0.2) is 6.04 Å². The van der Waals surface area contributed by atoms with E-state index in [1.807, 2.05) is 11.3 Å². The van der Waals surface area contributed by atoms with Crippen molar-refractivity contribution in [1.29, 1.82) is 0 Å². The quantitative estimate of drug-likeness (QED) is 0.838. The SMILES string of the molecule is Cc1ccsc1CN[C@@H]1CCC[C@@H](C)[C@@H]1C. The average Bonchev–Trinajstić information content (AvgIpc) is 2.67. The normalized spacial score (nSPS) is 30.6. The monoisotopic (exact) mass is 237 g/mol. The van der Waals surface area contributed by atoms with Crippen LogP contribution in [0.25, 0.3) is 0 Å². The highest BCUT2D eigenvalue weighted by Crippen LogP contribution is 2.30. The van der Waals surface area contributed by atoms with Gasteiger partial charge in [-0.25, -0.2) is 0 Å². The lowest BCUT2D eigenvalue weighted by Gasteiger charge is -2.34. The molecule has 1 nitrogen and oxygen atoms in total. The molecular formula is C14H23NS. The minimum Gasteiger partial charge on any atom is -0.309 e. The van der Waals surface area contributed by atoms with Gasteiger partial charge in [-0.05, 0) is 42.2 Å². The standard InChI is InChI=1S/C14H23NS/c1-10-5-4-6-13(12(10)3)15-9-14-11(2)7-8-16-14/h7-8,10,12-13,15H,4-6,9H2,1-3H3/t10-,12+,13-/m1/s1. The third kappa shape index (κ3) is 2.67. The molecule has 1 saturated carbocycles. The molecule has 2 rings (SSSR count). The first kappa shape index (κ1) is 12.1. The first-order valence-electron chi connectivity index (χ1n) is 6.45. The van der Waals surface area contributed by atoms with E-state index in [1.165, 1.54) is 29.7 Å². The molecule has 1 aliphatic rings. The fraction of sp³-hybridized carbons (Fsp3) is 0.714. The molecule has 0 aliphatic heterocycles. The molecule has 1 aromatic rings. The Morgan fingerprint density at radius 3 is 2.88 bits per heavy atom. The Bertz CT molecular complexity index is 331. The van der Waals surface area contributed by atoms with E-state index in [0.29, 0.717) is 0 Å². The summed E-state index contributed by atoms with van der Waals surface area (Å²) in [5, 5.41) is 5.95. The van der Waals surface area contributed by atoms with Gasteiger partial charge in [0.05, 0.1) is 0 Å². The summed E-state index contributed by atoms with van der Waals surface area (Å²) in [6, 6.07) is 2.94. The lowest BCUT2D eigenvalue weighted by atomic mass is 9.78. The molecule has 1 N–H and O–H groups in total. The summed E-state index contributed by atoms with van der Waals surface area (Å²) in [5.74, 6) is 1.71. The number of aryl methyl sites for hydroxylation is 1. The Morgan fingerprint density at radius 2 is 2.19 bits per heavy atom. The molecule has 2 heteroatoms. The second-order valence-corrected chi connectivity index (χ2v) is 6.28. The van der Waals surface area contributed by atoms with E-state index in [2.05, 4.69) is 37.5 Å². The molecule has 0 saturated heterocycles. The van der Waals surface area contributed by atoms with E-state index in [1.54, 1.807) is 0 Å². The second kappa shape index (κ2) is 5.33. The highest BCUT2D eigenvalue weighted by Gasteiger charge is 2.26. The number of thiophene rings is 1. The van der Waals surface area contributed by atoms with E-state index in [9.17, 15) is 0 Å². The predicted octanol–water partition coefficient (Wildman–Crippen LogP) is 3.97. The van der Waals surface area contributed by atoms with E-state index < -0.39 is 0 Å². The molecule has 0 radical (unpaired) electrons. The van der Waals surface area contributed by atoms with Crippen molar-refractivity contribution in [1.82, 2.24) is 5.32 Å². The van der Waals surface area contributed by atoms with Gasteiger partial charge in [0.15, 0.2) is 0 Å². The van der Waals surface area contributed by atoms with Crippen LogP contribution in [0.4, 0.5) is 0 Å². The molecular weight excluding hydrogens is 214 g/mol. The molecule has 1 fully saturated rings. The fourth-order valence-corrected chi connectivity index (χ4v) is 3.54. The minimum absolute atomic E-state index is 0.727. The molecule has 0 spiro atoms. The lowest BCUT2D eigenvalue weighted by Crippen LogP contribution is -2.40. The Hall–Kier alpha value is -0.340. The molecule has 1 aliphatic carbocycles. The molecule has 90 valence electrons. The Balaban J connectivity index is 1.88. The highest BCUT2D eigenvalue weighted by molar-refractivity contribution is 7.10. The van der Waals surface area contributed by atoms with Crippen molar-refractivity contribution in [2.45, 2.75) is 52.6 Å². The van der Waals surface area contributed by atoms with Crippen molar-refractivity contribution < 1.29 is 0 Å². The number of hydrogen-bond acceptors (Lipinski definition) is 2. The van der Waals surface area contributed by atoms with Gasteiger partial charge in [-0.3, -0.25) is 0 Å². The van der Waals surface area contributed by atoms with Crippen molar-refractivity contribution in [3.63, 3.8) is 0 Å². The second-order valence-electron chi connectivity index (χ2n) is 5.28. The predicted molar refractivity (Wildman–Crippen MR) is 71.9 cm³/mol. The Labute approximate surface area is 103 Å². The summed E-state index contributed by atoms with van der Waals surface area (Å²) in [5.41, 5.74) is 1.44. The molecule has 1 heterocycles. The molecule has 0 amide bonds. The van der Waals surface area contributed by atoms with Crippen LogP contribution in [0, 0.1) is 18.8 Å². The number of nitrogens with one attached hydrogen (secondary N) is 1. The van der Waals surface area contributed by atoms with Crippen molar-refractivity contribution in [3.05, 3.63) is 21.9 Å². The first-order valence-corrected chi connectivity index (χ1v) is 7.33. The lowest BCUT2D eigenvalue weighted by molar-refractivity contribution is 0.206. The van der Waals surface area contributed by atoms with Crippen LogP contribution in [0.2, 0.25) is 0 Å². The van der Waals surface area contributed by atoms with Gasteiger partial charge in [-0.15, -0.1) is 11.3 Å². The topological polar surface area (TPSA) is 12.0 Å². The van der Waals surface area contributed by atoms with Crippen molar-refractivity contribution in [3.8, 4) is 0 Å². The van der Waals surface area contributed by atoms with Crippen molar-refractivity contribution in [2.75, 3.05) is 0 Å². The summed E-state index contributed by atoms with van der Waals surface area (Å²) >= 11 is 1.88. The van der Waals surface area contributed by atoms with Crippen LogP contribution < -0.4 is 5.32 Å². The van der Waals surface area contributed by atoms with Gasteiger partial charge in [-0.1, -0.05) is 26.7 Å². The minimum atomic E-state index is 0.727. The zero-order chi connectivity index (χ0) is 11.5. The zero-order valence-electron chi connectivity index (χ0n) is 10.6. The molecule has 16 heavy (non-hydrogen) atoms. The van der Waals surface area contributed by atoms with Crippen LogP contribution in [0.5, 0.6) is 0 Å². The summed E-state index contributed by atoms with van der Waals surface area (Å²) in [7, 11) is 0. The largest absolute Gasteiger partial charge is 0.309 e. The maximum absolute atomic E-state index is 3.76. The molecule has 3 atom stereocenters. The summed E-state index contributed by atoms with van der Waals surface area (Å²) < 4.78 is 0. The van der Waals surface area contributed by atoms with Gasteiger partial charge >= 0.3 is 0 Å². The number of hydrogen-bond donors (Lipinski definition) is 1. The van der Waals surface area contributed by atoms with Crippen LogP contribution in [0.15, 0.2) is 11.4 Å². The molecule has 1 aromatic heterocycles. The average molecular weight is 237 g/mol. The van der Waals surface area contributed by atoms with E-state index >= 15 is 0 Å². The van der Waals surface area contributed by atoms with Gasteiger partial charge in [0.25, 0.3) is 0 Å². The maximum atomic E-state index is 3.76. The summed E-state index contributed by atoms with van der Waals surface area (Å²) in [6.45, 7) is 8.07. The van der Waals surface area contributed by atoms with E-state index in [0.717, 1.165) is 24.4 Å². The molecule has 0 bridgehead atoms. The van der Waals surface area contributed by atoms with E-state index in [-0.39, 0.29) is 0 Å². The van der Waals surface area contributed by atoms with Crippen LogP contribution in [-0.2, 0) is 6.54 Å². The third-order valence-corrected chi connectivity index (χ3v) is 5.22. The fourth-order valence-electron chi connectivity index (χ4n) is 2.68. The first-order chi connectivity index (χ1) is 7.68. The smallest absolute Gasteiger partial charge is 0.0305 e. The van der Waals surface area contributed by atoms with Gasteiger partial charge in [0.2, 0.25) is 0 Å². The third-order valence-electron chi connectivity index (χ3n) is 4.20. The molecule has 0 unspecified atom stereocenters. The van der Waals surface area contributed by atoms with Crippen LogP contribution in [0.3, 0.4) is 0 Å².